The van der Waals surface area contributed by atoms with Crippen molar-refractivity contribution in [2.75, 3.05) is 12.4 Å². The first-order valence-corrected chi connectivity index (χ1v) is 10.4. The summed E-state index contributed by atoms with van der Waals surface area (Å²) >= 11 is 0. The van der Waals surface area contributed by atoms with Crippen molar-refractivity contribution in [3.05, 3.63) is 76.6 Å². The molecule has 32 heavy (non-hydrogen) atoms. The van der Waals surface area contributed by atoms with E-state index in [9.17, 15) is 14.8 Å². The zero-order chi connectivity index (χ0) is 22.8. The third-order valence-corrected chi connectivity index (χ3v) is 5.84. The summed E-state index contributed by atoms with van der Waals surface area (Å²) in [6.07, 6.45) is 0.721. The summed E-state index contributed by atoms with van der Waals surface area (Å²) in [6.45, 7) is 2.54. The largest absolute Gasteiger partial charge is 0.488 e. The first-order chi connectivity index (χ1) is 15.4. The Kier molecular flexibility index (Phi) is 6.11. The van der Waals surface area contributed by atoms with Crippen LogP contribution in [0.1, 0.15) is 45.7 Å². The molecular weight excluding hydrogens is 407 g/mol. The number of ether oxygens (including phenoxy) is 1. The third kappa shape index (κ3) is 4.30. The molecule has 0 radical (unpaired) electrons. The number of carbonyl (C=O) groups excluding carboxylic acids is 1. The van der Waals surface area contributed by atoms with Gasteiger partial charge in [0.05, 0.1) is 7.11 Å². The third-order valence-electron chi connectivity index (χ3n) is 5.84. The number of hydrogen-bond acceptors (Lipinski definition) is 7. The van der Waals surface area contributed by atoms with Gasteiger partial charge in [0.15, 0.2) is 0 Å². The summed E-state index contributed by atoms with van der Waals surface area (Å²) in [5.74, 6) is 1.30. The molecule has 0 fully saturated rings. The van der Waals surface area contributed by atoms with Crippen LogP contribution < -0.4 is 21.3 Å². The molecule has 0 saturated heterocycles. The number of fused-ring (bicyclic) bond motifs is 1. The Labute approximate surface area is 186 Å². The predicted molar refractivity (Wildman–Crippen MR) is 122 cm³/mol. The molecule has 4 rings (SSSR count). The van der Waals surface area contributed by atoms with Gasteiger partial charge < -0.3 is 25.8 Å². The number of nitrogens with two attached hydrogens (primary N) is 1. The van der Waals surface area contributed by atoms with Crippen LogP contribution in [0, 0.1) is 5.92 Å². The van der Waals surface area contributed by atoms with E-state index < -0.39 is 13.0 Å². The van der Waals surface area contributed by atoms with E-state index in [1.165, 1.54) is 0 Å². The summed E-state index contributed by atoms with van der Waals surface area (Å²) in [5, 5.41) is 22.0. The van der Waals surface area contributed by atoms with Gasteiger partial charge in [-0.1, -0.05) is 43.3 Å². The minimum Gasteiger partial charge on any atom is -0.481 e. The van der Waals surface area contributed by atoms with E-state index in [4.69, 9.17) is 15.5 Å². The average molecular weight is 432 g/mol. The highest BCUT2D eigenvalue weighted by Crippen LogP contribution is 2.42. The molecule has 8 nitrogen and oxygen atoms in total. The Bertz CT molecular complexity index is 1150. The first kappa shape index (κ1) is 21.8. The number of aromatic nitrogens is 2. The topological polar surface area (TPSA) is 131 Å². The van der Waals surface area contributed by atoms with E-state index >= 15 is 0 Å². The molecule has 1 amide bonds. The van der Waals surface area contributed by atoms with Gasteiger partial charge >= 0.3 is 7.12 Å². The second-order valence-corrected chi connectivity index (χ2v) is 8.02. The molecule has 164 valence electrons. The minimum atomic E-state index is -1.52. The zero-order valence-electron chi connectivity index (χ0n) is 17.9. The van der Waals surface area contributed by atoms with Crippen molar-refractivity contribution in [2.45, 2.75) is 25.8 Å². The van der Waals surface area contributed by atoms with Crippen molar-refractivity contribution >= 4 is 24.3 Å². The maximum Gasteiger partial charge on any atom is 0.488 e. The number of rotatable bonds is 7. The molecule has 1 aliphatic rings. The Morgan fingerprint density at radius 2 is 2.00 bits per heavy atom. The molecule has 2 atom stereocenters. The molecule has 5 N–H and O–H groups in total. The lowest BCUT2D eigenvalue weighted by Crippen LogP contribution is -2.30. The van der Waals surface area contributed by atoms with Crippen LogP contribution in [0.15, 0.2) is 48.5 Å². The minimum absolute atomic E-state index is 0.0900. The molecule has 1 aliphatic carbocycles. The van der Waals surface area contributed by atoms with E-state index in [0.717, 1.165) is 23.1 Å². The van der Waals surface area contributed by atoms with Gasteiger partial charge in [-0.15, -0.1) is 0 Å². The zero-order valence-corrected chi connectivity index (χ0v) is 17.9. The molecule has 0 bridgehead atoms. The second-order valence-electron chi connectivity index (χ2n) is 8.02. The molecular formula is C23H25BN4O4. The van der Waals surface area contributed by atoms with Gasteiger partial charge in [0.2, 0.25) is 11.8 Å². The SMILES string of the molecule is COc1cc(NCc2cccc(B(O)O)c2)nc(C2c3cccc(C(N)=O)c3CC2C)n1. The summed E-state index contributed by atoms with van der Waals surface area (Å²) in [4.78, 5) is 21.2. The fourth-order valence-corrected chi connectivity index (χ4v) is 4.33. The van der Waals surface area contributed by atoms with Crippen LogP contribution in [-0.4, -0.2) is 40.2 Å². The number of benzene rings is 2. The molecule has 0 aliphatic heterocycles. The smallest absolute Gasteiger partial charge is 0.481 e. The van der Waals surface area contributed by atoms with Gasteiger partial charge in [0, 0.05) is 24.1 Å². The van der Waals surface area contributed by atoms with Gasteiger partial charge in [0.25, 0.3) is 0 Å². The number of nitrogens with one attached hydrogen (secondary N) is 1. The number of hydrogen-bond donors (Lipinski definition) is 4. The van der Waals surface area contributed by atoms with E-state index in [1.54, 1.807) is 37.4 Å². The summed E-state index contributed by atoms with van der Waals surface area (Å²) < 4.78 is 5.41. The van der Waals surface area contributed by atoms with Crippen molar-refractivity contribution in [1.82, 2.24) is 9.97 Å². The van der Waals surface area contributed by atoms with Crippen LogP contribution in [0.25, 0.3) is 0 Å². The summed E-state index contributed by atoms with van der Waals surface area (Å²) in [7, 11) is 0.0362. The molecule has 3 aromatic rings. The predicted octanol–water partition coefficient (Wildman–Crippen LogP) is 1.20. The van der Waals surface area contributed by atoms with Crippen LogP contribution >= 0.6 is 0 Å². The Hall–Kier alpha value is -3.43. The van der Waals surface area contributed by atoms with Crippen LogP contribution in [-0.2, 0) is 13.0 Å². The van der Waals surface area contributed by atoms with Gasteiger partial charge in [-0.2, -0.15) is 4.98 Å². The lowest BCUT2D eigenvalue weighted by Gasteiger charge is -2.18. The normalized spacial score (nSPS) is 17.0. The number of primary amides is 1. The van der Waals surface area contributed by atoms with Crippen LogP contribution in [0.5, 0.6) is 5.88 Å². The van der Waals surface area contributed by atoms with E-state index in [0.29, 0.717) is 35.1 Å². The highest BCUT2D eigenvalue weighted by molar-refractivity contribution is 6.58. The molecule has 0 spiro atoms. The van der Waals surface area contributed by atoms with E-state index in [2.05, 4.69) is 17.2 Å². The van der Waals surface area contributed by atoms with Gasteiger partial charge in [-0.05, 0) is 40.6 Å². The number of amides is 1. The fraction of sp³-hybridized carbons (Fsp3) is 0.261. The fourth-order valence-electron chi connectivity index (χ4n) is 4.33. The maximum atomic E-state index is 11.9. The van der Waals surface area contributed by atoms with Crippen molar-refractivity contribution in [1.29, 1.82) is 0 Å². The highest BCUT2D eigenvalue weighted by Gasteiger charge is 2.35. The number of carbonyl (C=O) groups is 1. The van der Waals surface area contributed by atoms with Gasteiger partial charge in [-0.3, -0.25) is 4.79 Å². The maximum absolute atomic E-state index is 11.9. The monoisotopic (exact) mass is 432 g/mol. The Balaban J connectivity index is 1.64. The molecule has 0 saturated carbocycles. The molecule has 2 aromatic carbocycles. The molecule has 1 aromatic heterocycles. The van der Waals surface area contributed by atoms with Crippen LogP contribution in [0.2, 0.25) is 0 Å². The Morgan fingerprint density at radius 3 is 2.72 bits per heavy atom. The lowest BCUT2D eigenvalue weighted by molar-refractivity contribution is 0.0999. The van der Waals surface area contributed by atoms with Crippen molar-refractivity contribution in [3.63, 3.8) is 0 Å². The van der Waals surface area contributed by atoms with Crippen LogP contribution in [0.4, 0.5) is 5.82 Å². The number of nitrogens with zero attached hydrogens (tertiary/aromatic N) is 2. The van der Waals surface area contributed by atoms with Crippen molar-refractivity contribution in [2.24, 2.45) is 11.7 Å². The van der Waals surface area contributed by atoms with Crippen LogP contribution in [0.3, 0.4) is 0 Å². The van der Waals surface area contributed by atoms with Gasteiger partial charge in [0.1, 0.15) is 11.6 Å². The Morgan fingerprint density at radius 1 is 1.22 bits per heavy atom. The molecule has 9 heteroatoms. The molecule has 1 heterocycles. The standard InChI is InChI=1S/C23H25BN4O4/c1-13-9-18-16(7-4-8-17(18)22(25)29)21(13)23-27-19(11-20(28-23)32-2)26-12-14-5-3-6-15(10-14)24(30)31/h3-8,10-11,13,21,30-31H,9,12H2,1-2H3,(H2,25,29)(H,26,27,28). The highest BCUT2D eigenvalue weighted by atomic mass is 16.5. The van der Waals surface area contributed by atoms with Crippen molar-refractivity contribution < 1.29 is 19.6 Å². The number of methoxy groups -OCH3 is 1. The van der Waals surface area contributed by atoms with Crippen molar-refractivity contribution in [3.8, 4) is 5.88 Å². The summed E-state index contributed by atoms with van der Waals surface area (Å²) in [5.41, 5.74) is 9.39. The summed E-state index contributed by atoms with van der Waals surface area (Å²) in [6, 6.07) is 14.3. The van der Waals surface area contributed by atoms with E-state index in [-0.39, 0.29) is 11.8 Å². The van der Waals surface area contributed by atoms with E-state index in [1.807, 2.05) is 18.2 Å². The van der Waals surface area contributed by atoms with Gasteiger partial charge in [-0.25, -0.2) is 4.98 Å². The lowest BCUT2D eigenvalue weighted by atomic mass is 9.80. The average Bonchev–Trinajstić information content (AvgIpc) is 3.13. The number of anilines is 1. The first-order valence-electron chi connectivity index (χ1n) is 10.4. The molecule has 2 unspecified atom stereocenters. The second kappa shape index (κ2) is 8.98. The quantitative estimate of drug-likeness (QED) is 0.413.